The van der Waals surface area contributed by atoms with Gasteiger partial charge >= 0.3 is 5.97 Å². The van der Waals surface area contributed by atoms with Crippen LogP contribution < -0.4 is 5.32 Å². The van der Waals surface area contributed by atoms with Crippen molar-refractivity contribution in [2.24, 2.45) is 5.92 Å². The maximum atomic E-state index is 12.6. The van der Waals surface area contributed by atoms with Gasteiger partial charge in [-0.3, -0.25) is 14.4 Å². The molecule has 1 N–H and O–H groups in total. The number of hydrogen-bond acceptors (Lipinski definition) is 4. The number of fused-ring (bicyclic) bond motifs is 2. The van der Waals surface area contributed by atoms with E-state index in [9.17, 15) is 14.4 Å². The molecule has 164 valence electrons. The van der Waals surface area contributed by atoms with Crippen LogP contribution in [0.25, 0.3) is 10.8 Å². The van der Waals surface area contributed by atoms with Gasteiger partial charge in [-0.05, 0) is 47.9 Å². The fourth-order valence-electron chi connectivity index (χ4n) is 5.06. The normalized spacial score (nSPS) is 20.7. The average Bonchev–Trinajstić information content (AvgIpc) is 2.81. The van der Waals surface area contributed by atoms with Gasteiger partial charge in [0.15, 0.2) is 6.61 Å². The minimum Gasteiger partial charge on any atom is -0.454 e. The molecule has 4 rings (SSSR count). The van der Waals surface area contributed by atoms with E-state index in [-0.39, 0.29) is 31.4 Å². The molecule has 0 aromatic heterocycles. The second kappa shape index (κ2) is 9.94. The Morgan fingerprint density at radius 3 is 2.65 bits per heavy atom. The van der Waals surface area contributed by atoms with Gasteiger partial charge in [-0.2, -0.15) is 0 Å². The van der Waals surface area contributed by atoms with Crippen LogP contribution in [0.5, 0.6) is 0 Å². The second-order valence-corrected chi connectivity index (χ2v) is 8.59. The van der Waals surface area contributed by atoms with Crippen LogP contribution in [0, 0.1) is 5.92 Å². The van der Waals surface area contributed by atoms with Crippen molar-refractivity contribution in [3.05, 3.63) is 48.0 Å². The largest absolute Gasteiger partial charge is 0.454 e. The van der Waals surface area contributed by atoms with Gasteiger partial charge in [0.25, 0.3) is 5.91 Å². The molecule has 0 bridgehead atoms. The van der Waals surface area contributed by atoms with E-state index in [2.05, 4.69) is 5.32 Å². The molecule has 2 amide bonds. The highest BCUT2D eigenvalue weighted by atomic mass is 16.5. The standard InChI is InChI=1S/C25H30N2O4/c28-23(15-20-10-5-9-18-7-1-3-12-21(18)20)26-16-25(30)31-17-24(29)27-14-6-11-19-8-2-4-13-22(19)27/h1,3,5,7,9-10,12,19,22H,2,4,6,8,11,13-17H2,(H,26,28)/t19-,22+/m1/s1. The Hall–Kier alpha value is -2.89. The molecule has 1 heterocycles. The zero-order valence-electron chi connectivity index (χ0n) is 17.8. The van der Waals surface area contributed by atoms with Crippen molar-refractivity contribution in [3.8, 4) is 0 Å². The van der Waals surface area contributed by atoms with Crippen molar-refractivity contribution < 1.29 is 19.1 Å². The molecule has 1 saturated heterocycles. The fourth-order valence-corrected chi connectivity index (χ4v) is 5.06. The number of benzene rings is 2. The van der Waals surface area contributed by atoms with Crippen molar-refractivity contribution in [1.29, 1.82) is 0 Å². The topological polar surface area (TPSA) is 75.7 Å². The molecule has 2 aliphatic rings. The number of esters is 1. The van der Waals surface area contributed by atoms with E-state index in [0.29, 0.717) is 12.0 Å². The summed E-state index contributed by atoms with van der Waals surface area (Å²) in [5.74, 6) is -0.361. The lowest BCUT2D eigenvalue weighted by molar-refractivity contribution is -0.154. The first-order valence-electron chi connectivity index (χ1n) is 11.3. The number of amides is 2. The van der Waals surface area contributed by atoms with Crippen molar-refractivity contribution in [1.82, 2.24) is 10.2 Å². The predicted octanol–water partition coefficient (Wildman–Crippen LogP) is 3.22. The smallest absolute Gasteiger partial charge is 0.325 e. The van der Waals surface area contributed by atoms with Crippen molar-refractivity contribution in [2.75, 3.05) is 19.7 Å². The Balaban J connectivity index is 1.23. The van der Waals surface area contributed by atoms with Gasteiger partial charge in [-0.1, -0.05) is 55.3 Å². The first-order valence-corrected chi connectivity index (χ1v) is 11.3. The van der Waals surface area contributed by atoms with Gasteiger partial charge in [0, 0.05) is 12.6 Å². The molecule has 2 aromatic carbocycles. The third-order valence-corrected chi connectivity index (χ3v) is 6.58. The third kappa shape index (κ3) is 5.24. The minimum absolute atomic E-state index is 0.118. The van der Waals surface area contributed by atoms with E-state index in [1.54, 1.807) is 0 Å². The zero-order valence-corrected chi connectivity index (χ0v) is 17.8. The quantitative estimate of drug-likeness (QED) is 0.726. The number of piperidine rings is 1. The number of carbonyl (C=O) groups excluding carboxylic acids is 3. The second-order valence-electron chi connectivity index (χ2n) is 8.59. The van der Waals surface area contributed by atoms with Gasteiger partial charge < -0.3 is 15.0 Å². The number of nitrogens with one attached hydrogen (secondary N) is 1. The van der Waals surface area contributed by atoms with Crippen LogP contribution in [-0.4, -0.2) is 48.4 Å². The number of hydrogen-bond donors (Lipinski definition) is 1. The summed E-state index contributed by atoms with van der Waals surface area (Å²) in [6, 6.07) is 14.0. The molecule has 31 heavy (non-hydrogen) atoms. The third-order valence-electron chi connectivity index (χ3n) is 6.58. The Morgan fingerprint density at radius 1 is 0.968 bits per heavy atom. The van der Waals surface area contributed by atoms with E-state index < -0.39 is 5.97 Å². The summed E-state index contributed by atoms with van der Waals surface area (Å²) in [6.07, 6.45) is 7.04. The van der Waals surface area contributed by atoms with Gasteiger partial charge in [0.1, 0.15) is 6.54 Å². The Kier molecular flexibility index (Phi) is 6.85. The minimum atomic E-state index is -0.586. The molecule has 6 nitrogen and oxygen atoms in total. The first kappa shape index (κ1) is 21.3. The molecule has 1 aliphatic heterocycles. The summed E-state index contributed by atoms with van der Waals surface area (Å²) in [7, 11) is 0. The van der Waals surface area contributed by atoms with Crippen LogP contribution in [0.4, 0.5) is 0 Å². The van der Waals surface area contributed by atoms with Crippen molar-refractivity contribution >= 4 is 28.6 Å². The summed E-state index contributed by atoms with van der Waals surface area (Å²) in [6.45, 7) is 0.267. The van der Waals surface area contributed by atoms with E-state index in [1.165, 1.54) is 19.3 Å². The van der Waals surface area contributed by atoms with Crippen LogP contribution in [-0.2, 0) is 25.5 Å². The Morgan fingerprint density at radius 2 is 1.74 bits per heavy atom. The summed E-state index contributed by atoms with van der Waals surface area (Å²) < 4.78 is 5.16. The number of carbonyl (C=O) groups is 3. The van der Waals surface area contributed by atoms with E-state index >= 15 is 0 Å². The summed E-state index contributed by atoms with van der Waals surface area (Å²) in [4.78, 5) is 38.9. The molecule has 0 spiro atoms. The Bertz CT molecular complexity index is 950. The van der Waals surface area contributed by atoms with Crippen LogP contribution in [0.15, 0.2) is 42.5 Å². The maximum Gasteiger partial charge on any atom is 0.325 e. The highest BCUT2D eigenvalue weighted by molar-refractivity contribution is 5.91. The van der Waals surface area contributed by atoms with E-state index in [0.717, 1.165) is 42.1 Å². The van der Waals surface area contributed by atoms with Crippen molar-refractivity contribution in [2.45, 2.75) is 51.0 Å². The lowest BCUT2D eigenvalue weighted by Gasteiger charge is -2.44. The number of nitrogens with zero attached hydrogens (tertiary/aromatic N) is 1. The lowest BCUT2D eigenvalue weighted by Crippen LogP contribution is -2.51. The van der Waals surface area contributed by atoms with Crippen molar-refractivity contribution in [3.63, 3.8) is 0 Å². The van der Waals surface area contributed by atoms with Crippen LogP contribution in [0.1, 0.15) is 44.1 Å². The summed E-state index contributed by atoms with van der Waals surface area (Å²) in [5, 5.41) is 4.70. The lowest BCUT2D eigenvalue weighted by atomic mass is 9.78. The molecular weight excluding hydrogens is 392 g/mol. The van der Waals surface area contributed by atoms with E-state index in [4.69, 9.17) is 4.74 Å². The molecule has 6 heteroatoms. The highest BCUT2D eigenvalue weighted by Gasteiger charge is 2.35. The molecule has 2 fully saturated rings. The summed E-state index contributed by atoms with van der Waals surface area (Å²) >= 11 is 0. The van der Waals surface area contributed by atoms with Gasteiger partial charge in [0.05, 0.1) is 6.42 Å². The maximum absolute atomic E-state index is 12.6. The SMILES string of the molecule is O=C(Cc1cccc2ccccc12)NCC(=O)OCC(=O)N1CCC[C@H]2CCCC[C@@H]21. The molecule has 2 atom stereocenters. The Labute approximate surface area is 182 Å². The molecule has 0 unspecified atom stereocenters. The fraction of sp³-hybridized carbons (Fsp3) is 0.480. The van der Waals surface area contributed by atoms with E-state index in [1.807, 2.05) is 47.4 Å². The monoisotopic (exact) mass is 422 g/mol. The predicted molar refractivity (Wildman–Crippen MR) is 118 cm³/mol. The number of ether oxygens (including phenoxy) is 1. The molecular formula is C25H30N2O4. The summed E-state index contributed by atoms with van der Waals surface area (Å²) in [5.41, 5.74) is 0.909. The van der Waals surface area contributed by atoms with Crippen LogP contribution in [0.2, 0.25) is 0 Å². The molecule has 1 saturated carbocycles. The van der Waals surface area contributed by atoms with Gasteiger partial charge in [0.2, 0.25) is 5.91 Å². The highest BCUT2D eigenvalue weighted by Crippen LogP contribution is 2.35. The van der Waals surface area contributed by atoms with Crippen LogP contribution >= 0.6 is 0 Å². The molecule has 1 aliphatic carbocycles. The molecule has 2 aromatic rings. The number of likely N-dealkylation sites (tertiary alicyclic amines) is 1. The zero-order chi connectivity index (χ0) is 21.6. The first-order chi connectivity index (χ1) is 15.1. The van der Waals surface area contributed by atoms with Gasteiger partial charge in [-0.15, -0.1) is 0 Å². The number of rotatable bonds is 6. The van der Waals surface area contributed by atoms with Gasteiger partial charge in [-0.25, -0.2) is 0 Å². The van der Waals surface area contributed by atoms with Crippen LogP contribution in [0.3, 0.4) is 0 Å². The average molecular weight is 423 g/mol. The molecule has 0 radical (unpaired) electrons.